The summed E-state index contributed by atoms with van der Waals surface area (Å²) in [5, 5.41) is 2.64. The zero-order chi connectivity index (χ0) is 17.6. The van der Waals surface area contributed by atoms with Crippen LogP contribution in [-0.2, 0) is 10.0 Å². The third-order valence-electron chi connectivity index (χ3n) is 3.85. The molecule has 4 rings (SSSR count). The molecule has 0 aliphatic heterocycles. The fourth-order valence-corrected chi connectivity index (χ4v) is 5.25. The first-order valence-electron chi connectivity index (χ1n) is 7.51. The van der Waals surface area contributed by atoms with Gasteiger partial charge in [-0.1, -0.05) is 35.9 Å². The molecule has 4 aromatic rings. The first-order chi connectivity index (χ1) is 11.9. The number of aromatic nitrogens is 1. The van der Waals surface area contributed by atoms with E-state index in [0.29, 0.717) is 16.1 Å². The number of hydrogen-bond donors (Lipinski definition) is 1. The van der Waals surface area contributed by atoms with Crippen LogP contribution < -0.4 is 4.72 Å². The molecule has 0 amide bonds. The summed E-state index contributed by atoms with van der Waals surface area (Å²) in [4.78, 5) is 4.56. The molecule has 0 saturated heterocycles. The molecule has 0 radical (unpaired) electrons. The number of rotatable bonds is 3. The van der Waals surface area contributed by atoms with Crippen LogP contribution in [0.1, 0.15) is 5.01 Å². The van der Waals surface area contributed by atoms with Crippen molar-refractivity contribution in [2.45, 2.75) is 11.8 Å². The summed E-state index contributed by atoms with van der Waals surface area (Å²) in [6, 6.07) is 15.8. The maximum absolute atomic E-state index is 12.9. The van der Waals surface area contributed by atoms with E-state index in [2.05, 4.69) is 9.71 Å². The molecule has 0 fully saturated rings. The van der Waals surface area contributed by atoms with Crippen molar-refractivity contribution in [2.24, 2.45) is 0 Å². The molecular weight excluding hydrogens is 376 g/mol. The van der Waals surface area contributed by atoms with Crippen LogP contribution in [0.15, 0.2) is 59.5 Å². The Bertz CT molecular complexity index is 1210. The van der Waals surface area contributed by atoms with Gasteiger partial charge in [-0.25, -0.2) is 13.4 Å². The monoisotopic (exact) mass is 388 g/mol. The Morgan fingerprint density at radius 2 is 1.84 bits per heavy atom. The van der Waals surface area contributed by atoms with E-state index in [4.69, 9.17) is 11.6 Å². The van der Waals surface area contributed by atoms with Gasteiger partial charge in [-0.2, -0.15) is 0 Å². The van der Waals surface area contributed by atoms with Crippen LogP contribution in [-0.4, -0.2) is 13.4 Å². The van der Waals surface area contributed by atoms with Crippen molar-refractivity contribution in [3.8, 4) is 0 Å². The van der Waals surface area contributed by atoms with Gasteiger partial charge in [0.25, 0.3) is 10.0 Å². The summed E-state index contributed by atoms with van der Waals surface area (Å²) in [6.07, 6.45) is 0. The highest BCUT2D eigenvalue weighted by Gasteiger charge is 2.19. The van der Waals surface area contributed by atoms with Gasteiger partial charge in [0, 0.05) is 10.4 Å². The highest BCUT2D eigenvalue weighted by molar-refractivity contribution is 7.93. The Kier molecular flexibility index (Phi) is 3.91. The third kappa shape index (κ3) is 2.97. The van der Waals surface area contributed by atoms with Gasteiger partial charge in [0.2, 0.25) is 0 Å². The quantitative estimate of drug-likeness (QED) is 0.524. The van der Waals surface area contributed by atoms with Crippen LogP contribution in [0.3, 0.4) is 0 Å². The SMILES string of the molecule is Cc1nc2cc(NS(=O)(=O)c3cccc4cccc(Cl)c34)ccc2s1. The predicted molar refractivity (Wildman–Crippen MR) is 104 cm³/mol. The summed E-state index contributed by atoms with van der Waals surface area (Å²) >= 11 is 7.82. The smallest absolute Gasteiger partial charge is 0.262 e. The molecule has 3 aromatic carbocycles. The van der Waals surface area contributed by atoms with Crippen LogP contribution in [0.4, 0.5) is 5.69 Å². The van der Waals surface area contributed by atoms with Gasteiger partial charge in [-0.3, -0.25) is 4.72 Å². The zero-order valence-electron chi connectivity index (χ0n) is 13.2. The van der Waals surface area contributed by atoms with Gasteiger partial charge in [-0.15, -0.1) is 11.3 Å². The van der Waals surface area contributed by atoms with Crippen LogP contribution in [0.25, 0.3) is 21.0 Å². The van der Waals surface area contributed by atoms with Gasteiger partial charge < -0.3 is 0 Å². The first-order valence-corrected chi connectivity index (χ1v) is 10.2. The third-order valence-corrected chi connectivity index (χ3v) is 6.54. The van der Waals surface area contributed by atoms with Crippen molar-refractivity contribution in [2.75, 3.05) is 4.72 Å². The molecule has 1 heterocycles. The molecule has 0 aliphatic rings. The second-order valence-electron chi connectivity index (χ2n) is 5.61. The average molecular weight is 389 g/mol. The maximum atomic E-state index is 12.9. The standard InChI is InChI=1S/C18H13ClN2O2S2/c1-11-20-15-10-13(8-9-16(15)24-11)21-25(22,23)17-7-3-5-12-4-2-6-14(19)18(12)17/h2-10,21H,1H3. The summed E-state index contributed by atoms with van der Waals surface area (Å²) in [5.74, 6) is 0. The Morgan fingerprint density at radius 1 is 1.08 bits per heavy atom. The van der Waals surface area contributed by atoms with E-state index in [9.17, 15) is 8.42 Å². The molecule has 0 atom stereocenters. The van der Waals surface area contributed by atoms with Crippen LogP contribution in [0.5, 0.6) is 0 Å². The number of hydrogen-bond acceptors (Lipinski definition) is 4. The largest absolute Gasteiger partial charge is 0.280 e. The number of aryl methyl sites for hydroxylation is 1. The lowest BCUT2D eigenvalue weighted by Gasteiger charge is -2.11. The molecule has 126 valence electrons. The summed E-state index contributed by atoms with van der Waals surface area (Å²) in [7, 11) is -3.78. The average Bonchev–Trinajstić information content (AvgIpc) is 2.93. The number of halogens is 1. The van der Waals surface area contributed by atoms with Crippen LogP contribution in [0, 0.1) is 6.92 Å². The Hall–Kier alpha value is -2.15. The van der Waals surface area contributed by atoms with Gasteiger partial charge in [0.1, 0.15) is 0 Å². The topological polar surface area (TPSA) is 59.1 Å². The number of fused-ring (bicyclic) bond motifs is 2. The number of nitrogens with zero attached hydrogens (tertiary/aromatic N) is 1. The van der Waals surface area contributed by atoms with E-state index in [1.54, 1.807) is 47.7 Å². The minimum Gasteiger partial charge on any atom is -0.280 e. The Morgan fingerprint density at radius 3 is 2.64 bits per heavy atom. The molecule has 0 aliphatic carbocycles. The maximum Gasteiger partial charge on any atom is 0.262 e. The van der Waals surface area contributed by atoms with E-state index in [-0.39, 0.29) is 4.90 Å². The van der Waals surface area contributed by atoms with Gasteiger partial charge in [-0.05, 0) is 42.6 Å². The lowest BCUT2D eigenvalue weighted by atomic mass is 10.1. The molecular formula is C18H13ClN2O2S2. The first kappa shape index (κ1) is 16.3. The van der Waals surface area contributed by atoms with Gasteiger partial charge >= 0.3 is 0 Å². The van der Waals surface area contributed by atoms with E-state index in [1.165, 1.54) is 0 Å². The van der Waals surface area contributed by atoms with E-state index >= 15 is 0 Å². The van der Waals surface area contributed by atoms with E-state index < -0.39 is 10.0 Å². The summed E-state index contributed by atoms with van der Waals surface area (Å²) < 4.78 is 29.5. The van der Waals surface area contributed by atoms with Crippen molar-refractivity contribution < 1.29 is 8.42 Å². The number of anilines is 1. The predicted octanol–water partition coefficient (Wildman–Crippen LogP) is 5.21. The number of benzene rings is 3. The molecule has 1 N–H and O–H groups in total. The molecule has 0 spiro atoms. The highest BCUT2D eigenvalue weighted by Crippen LogP contribution is 2.31. The molecule has 0 bridgehead atoms. The number of thiazole rings is 1. The fourth-order valence-electron chi connectivity index (χ4n) is 2.80. The fraction of sp³-hybridized carbons (Fsp3) is 0.0556. The highest BCUT2D eigenvalue weighted by atomic mass is 35.5. The summed E-state index contributed by atoms with van der Waals surface area (Å²) in [6.45, 7) is 1.92. The Labute approximate surface area is 154 Å². The second-order valence-corrected chi connectivity index (χ2v) is 8.91. The second kappa shape index (κ2) is 5.98. The molecule has 0 saturated carbocycles. The van der Waals surface area contributed by atoms with E-state index in [0.717, 1.165) is 20.6 Å². The number of nitrogens with one attached hydrogen (secondary N) is 1. The van der Waals surface area contributed by atoms with Gasteiger partial charge in [0.15, 0.2) is 0 Å². The zero-order valence-corrected chi connectivity index (χ0v) is 15.5. The summed E-state index contributed by atoms with van der Waals surface area (Å²) in [5.41, 5.74) is 1.25. The minimum atomic E-state index is -3.78. The minimum absolute atomic E-state index is 0.158. The van der Waals surface area contributed by atoms with Crippen molar-refractivity contribution in [1.29, 1.82) is 0 Å². The lowest BCUT2D eigenvalue weighted by molar-refractivity contribution is 0.602. The lowest BCUT2D eigenvalue weighted by Crippen LogP contribution is -2.13. The Balaban J connectivity index is 1.81. The normalized spacial score (nSPS) is 11.9. The molecule has 0 unspecified atom stereocenters. The van der Waals surface area contributed by atoms with Gasteiger partial charge in [0.05, 0.1) is 25.8 Å². The molecule has 25 heavy (non-hydrogen) atoms. The van der Waals surface area contributed by atoms with Crippen LogP contribution in [0.2, 0.25) is 5.02 Å². The molecule has 1 aromatic heterocycles. The molecule has 7 heteroatoms. The van der Waals surface area contributed by atoms with E-state index in [1.807, 2.05) is 25.1 Å². The van der Waals surface area contributed by atoms with Crippen molar-refractivity contribution in [3.63, 3.8) is 0 Å². The molecule has 4 nitrogen and oxygen atoms in total. The van der Waals surface area contributed by atoms with Crippen molar-refractivity contribution in [1.82, 2.24) is 4.98 Å². The van der Waals surface area contributed by atoms with Crippen molar-refractivity contribution in [3.05, 3.63) is 64.6 Å². The van der Waals surface area contributed by atoms with Crippen molar-refractivity contribution >= 4 is 59.6 Å². The number of sulfonamides is 1. The van der Waals surface area contributed by atoms with Crippen LogP contribution >= 0.6 is 22.9 Å².